The second kappa shape index (κ2) is 6.44. The first-order valence-corrected chi connectivity index (χ1v) is 8.76. The Bertz CT molecular complexity index is 1100. The van der Waals surface area contributed by atoms with Gasteiger partial charge in [0.15, 0.2) is 0 Å². The molecule has 9 heteroatoms. The average molecular weight is 362 g/mol. The molecule has 0 radical (unpaired) electrons. The molecule has 0 unspecified atom stereocenters. The molecule has 1 fully saturated rings. The lowest BCUT2D eigenvalue weighted by Gasteiger charge is -2.25. The maximum Gasteiger partial charge on any atom is 0.228 e. The van der Waals surface area contributed by atoms with Gasteiger partial charge in [-0.05, 0) is 18.2 Å². The summed E-state index contributed by atoms with van der Waals surface area (Å²) in [5, 5.41) is 15.9. The number of anilines is 2. The molecule has 4 heterocycles. The van der Waals surface area contributed by atoms with Crippen molar-refractivity contribution in [2.45, 2.75) is 6.54 Å². The maximum atomic E-state index is 5.24. The van der Waals surface area contributed by atoms with Crippen molar-refractivity contribution in [3.05, 3.63) is 42.7 Å². The highest BCUT2D eigenvalue weighted by atomic mass is 16.5. The molecular formula is C18H18N8O. The van der Waals surface area contributed by atoms with Gasteiger partial charge in [-0.2, -0.15) is 5.10 Å². The summed E-state index contributed by atoms with van der Waals surface area (Å²) in [6, 6.07) is 9.84. The molecule has 136 valence electrons. The van der Waals surface area contributed by atoms with Crippen LogP contribution in [-0.4, -0.2) is 48.0 Å². The van der Waals surface area contributed by atoms with Gasteiger partial charge in [0.2, 0.25) is 5.95 Å². The molecule has 1 N–H and O–H groups in total. The van der Waals surface area contributed by atoms with E-state index in [2.05, 4.69) is 30.7 Å². The number of aromatic nitrogens is 7. The summed E-state index contributed by atoms with van der Waals surface area (Å²) in [6.07, 6.45) is 3.46. The lowest BCUT2D eigenvalue weighted by molar-refractivity contribution is -0.0405. The van der Waals surface area contributed by atoms with E-state index in [0.29, 0.717) is 11.9 Å². The third kappa shape index (κ3) is 3.02. The van der Waals surface area contributed by atoms with Crippen molar-refractivity contribution in [3.8, 4) is 11.3 Å². The molecule has 0 amide bonds. The van der Waals surface area contributed by atoms with Crippen molar-refractivity contribution in [2.24, 2.45) is 13.0 Å². The number of ether oxygens (including phenoxy) is 1. The summed E-state index contributed by atoms with van der Waals surface area (Å²) in [6.45, 7) is 2.43. The van der Waals surface area contributed by atoms with Crippen molar-refractivity contribution < 1.29 is 4.74 Å². The van der Waals surface area contributed by atoms with Crippen LogP contribution in [0.15, 0.2) is 42.7 Å². The molecule has 1 aliphatic heterocycles. The van der Waals surface area contributed by atoms with Gasteiger partial charge in [0.25, 0.3) is 0 Å². The zero-order valence-corrected chi connectivity index (χ0v) is 14.8. The predicted octanol–water partition coefficient (Wildman–Crippen LogP) is 2.01. The van der Waals surface area contributed by atoms with E-state index in [-0.39, 0.29) is 0 Å². The fourth-order valence-corrected chi connectivity index (χ4v) is 3.09. The van der Waals surface area contributed by atoms with Crippen molar-refractivity contribution in [1.82, 2.24) is 34.7 Å². The van der Waals surface area contributed by atoms with E-state index >= 15 is 0 Å². The first-order valence-electron chi connectivity index (χ1n) is 8.76. The first kappa shape index (κ1) is 15.9. The highest BCUT2D eigenvalue weighted by Gasteiger charge is 2.20. The Morgan fingerprint density at radius 1 is 1.19 bits per heavy atom. The number of hydrogen-bond acceptors (Lipinski definition) is 7. The fraction of sp³-hybridized carbons (Fsp3) is 0.278. The Morgan fingerprint density at radius 3 is 2.89 bits per heavy atom. The van der Waals surface area contributed by atoms with E-state index in [1.54, 1.807) is 17.1 Å². The minimum absolute atomic E-state index is 0.518. The molecular weight excluding hydrogens is 344 g/mol. The molecule has 1 aromatic carbocycles. The van der Waals surface area contributed by atoms with Gasteiger partial charge < -0.3 is 10.1 Å². The number of benzene rings is 1. The van der Waals surface area contributed by atoms with Crippen LogP contribution in [0.2, 0.25) is 0 Å². The summed E-state index contributed by atoms with van der Waals surface area (Å²) < 4.78 is 8.92. The first-order chi connectivity index (χ1) is 13.3. The van der Waals surface area contributed by atoms with Gasteiger partial charge in [-0.15, -0.1) is 5.10 Å². The normalized spacial score (nSPS) is 14.4. The number of rotatable bonds is 5. The van der Waals surface area contributed by atoms with Crippen LogP contribution in [0.4, 0.5) is 11.8 Å². The molecule has 4 aromatic rings. The van der Waals surface area contributed by atoms with E-state index in [9.17, 15) is 0 Å². The number of nitrogens with zero attached hydrogens (tertiary/aromatic N) is 7. The van der Waals surface area contributed by atoms with E-state index in [1.165, 1.54) is 0 Å². The Kier molecular flexibility index (Phi) is 3.79. The predicted molar refractivity (Wildman–Crippen MR) is 99.4 cm³/mol. The summed E-state index contributed by atoms with van der Waals surface area (Å²) >= 11 is 0. The van der Waals surface area contributed by atoms with Crippen LogP contribution in [0.25, 0.3) is 22.3 Å². The molecule has 0 aliphatic carbocycles. The quantitative estimate of drug-likeness (QED) is 0.580. The average Bonchev–Trinajstić information content (AvgIpc) is 3.24. The van der Waals surface area contributed by atoms with Gasteiger partial charge >= 0.3 is 0 Å². The third-order valence-corrected chi connectivity index (χ3v) is 4.66. The number of aryl methyl sites for hydroxylation is 1. The topological polar surface area (TPSA) is 95.6 Å². The van der Waals surface area contributed by atoms with Crippen molar-refractivity contribution in [2.75, 3.05) is 18.5 Å². The zero-order chi connectivity index (χ0) is 18.2. The van der Waals surface area contributed by atoms with E-state index in [0.717, 1.165) is 47.9 Å². The lowest BCUT2D eigenvalue weighted by Crippen LogP contribution is -2.31. The molecule has 0 atom stereocenters. The molecule has 27 heavy (non-hydrogen) atoms. The maximum absolute atomic E-state index is 5.24. The third-order valence-electron chi connectivity index (χ3n) is 4.66. The van der Waals surface area contributed by atoms with Crippen LogP contribution < -0.4 is 5.32 Å². The molecule has 0 spiro atoms. The fourth-order valence-electron chi connectivity index (χ4n) is 3.09. The van der Waals surface area contributed by atoms with Gasteiger partial charge in [0, 0.05) is 30.8 Å². The van der Waals surface area contributed by atoms with Crippen LogP contribution >= 0.6 is 0 Å². The Balaban J connectivity index is 1.43. The molecule has 1 aliphatic rings. The van der Waals surface area contributed by atoms with Crippen LogP contribution in [-0.2, 0) is 18.3 Å². The van der Waals surface area contributed by atoms with Crippen LogP contribution in [0.1, 0.15) is 0 Å². The van der Waals surface area contributed by atoms with Crippen LogP contribution in [0, 0.1) is 5.92 Å². The van der Waals surface area contributed by atoms with Crippen LogP contribution in [0.5, 0.6) is 0 Å². The Hall–Kier alpha value is -3.33. The standard InChI is InChI=1S/C18H18N8O/c1-25-17(5-7-20-25)22-18-19-6-4-14(21-18)13-2-3-16-15(8-13)23-24-26(16)9-12-10-27-11-12/h2-8,12H,9-11H2,1H3,(H,19,21,22). The van der Waals surface area contributed by atoms with E-state index in [4.69, 9.17) is 4.74 Å². The van der Waals surface area contributed by atoms with Crippen LogP contribution in [0.3, 0.4) is 0 Å². The second-order valence-corrected chi connectivity index (χ2v) is 6.61. The number of nitrogens with one attached hydrogen (secondary N) is 1. The highest BCUT2D eigenvalue weighted by Crippen LogP contribution is 2.24. The van der Waals surface area contributed by atoms with E-state index < -0.39 is 0 Å². The van der Waals surface area contributed by atoms with Gasteiger partial charge in [0.05, 0.1) is 37.2 Å². The molecule has 3 aromatic heterocycles. The summed E-state index contributed by atoms with van der Waals surface area (Å²) in [5.74, 6) is 1.87. The van der Waals surface area contributed by atoms with Gasteiger partial charge in [-0.3, -0.25) is 4.68 Å². The van der Waals surface area contributed by atoms with Gasteiger partial charge in [0.1, 0.15) is 11.3 Å². The van der Waals surface area contributed by atoms with Crippen molar-refractivity contribution >= 4 is 22.8 Å². The van der Waals surface area contributed by atoms with Crippen molar-refractivity contribution in [1.29, 1.82) is 0 Å². The van der Waals surface area contributed by atoms with Gasteiger partial charge in [-0.1, -0.05) is 11.3 Å². The van der Waals surface area contributed by atoms with Gasteiger partial charge in [-0.25, -0.2) is 14.6 Å². The summed E-state index contributed by atoms with van der Waals surface area (Å²) in [7, 11) is 1.86. The number of hydrogen-bond donors (Lipinski definition) is 1. The largest absolute Gasteiger partial charge is 0.381 e. The molecule has 0 bridgehead atoms. The molecule has 0 saturated carbocycles. The van der Waals surface area contributed by atoms with E-state index in [1.807, 2.05) is 42.1 Å². The molecule has 5 rings (SSSR count). The smallest absolute Gasteiger partial charge is 0.228 e. The zero-order valence-electron chi connectivity index (χ0n) is 14.8. The minimum Gasteiger partial charge on any atom is -0.381 e. The lowest BCUT2D eigenvalue weighted by atomic mass is 10.1. The number of fused-ring (bicyclic) bond motifs is 1. The Morgan fingerprint density at radius 2 is 2.11 bits per heavy atom. The second-order valence-electron chi connectivity index (χ2n) is 6.61. The van der Waals surface area contributed by atoms with Crippen molar-refractivity contribution in [3.63, 3.8) is 0 Å². The highest BCUT2D eigenvalue weighted by molar-refractivity contribution is 5.80. The minimum atomic E-state index is 0.518. The Labute approximate surface area is 155 Å². The molecule has 9 nitrogen and oxygen atoms in total. The SMILES string of the molecule is Cn1nccc1Nc1nccc(-c2ccc3c(c2)nnn3CC2COC2)n1. The summed E-state index contributed by atoms with van der Waals surface area (Å²) in [5.41, 5.74) is 3.66. The molecule has 1 saturated heterocycles. The monoisotopic (exact) mass is 362 g/mol. The summed E-state index contributed by atoms with van der Waals surface area (Å²) in [4.78, 5) is 8.90.